The monoisotopic (exact) mass is 392 g/mol. The summed E-state index contributed by atoms with van der Waals surface area (Å²) in [4.78, 5) is 12.2. The molecular formula is C21H17ClN4O2. The molecule has 0 unspecified atom stereocenters. The highest BCUT2D eigenvalue weighted by molar-refractivity contribution is 6.33. The molecule has 0 atom stereocenters. The van der Waals surface area contributed by atoms with Crippen LogP contribution in [0.5, 0.6) is 5.75 Å². The van der Waals surface area contributed by atoms with Crippen molar-refractivity contribution in [1.29, 1.82) is 0 Å². The lowest BCUT2D eigenvalue weighted by molar-refractivity contribution is -0.116. The molecule has 0 saturated carbocycles. The number of nitrogens with zero attached hydrogens (tertiary/aromatic N) is 3. The van der Waals surface area contributed by atoms with Crippen molar-refractivity contribution in [3.63, 3.8) is 0 Å². The summed E-state index contributed by atoms with van der Waals surface area (Å²) in [5.74, 6) is 0.545. The summed E-state index contributed by atoms with van der Waals surface area (Å²) < 4.78 is 7.37. The largest absolute Gasteiger partial charge is 0.487 e. The Morgan fingerprint density at radius 1 is 1.04 bits per heavy atom. The molecule has 0 spiro atoms. The van der Waals surface area contributed by atoms with E-state index in [0.717, 1.165) is 16.5 Å². The number of halogens is 1. The average Bonchev–Trinajstić information content (AvgIpc) is 3.15. The van der Waals surface area contributed by atoms with Gasteiger partial charge in [0.2, 0.25) is 5.91 Å². The van der Waals surface area contributed by atoms with Gasteiger partial charge in [-0.2, -0.15) is 0 Å². The van der Waals surface area contributed by atoms with E-state index in [1.807, 2.05) is 42.5 Å². The number of benzene rings is 3. The summed E-state index contributed by atoms with van der Waals surface area (Å²) in [6.45, 7) is 0.298. The quantitative estimate of drug-likeness (QED) is 0.531. The number of ether oxygens (including phenoxy) is 1. The predicted molar refractivity (Wildman–Crippen MR) is 108 cm³/mol. The van der Waals surface area contributed by atoms with Gasteiger partial charge in [0.05, 0.1) is 16.9 Å². The van der Waals surface area contributed by atoms with E-state index in [2.05, 4.69) is 15.6 Å². The van der Waals surface area contributed by atoms with E-state index >= 15 is 0 Å². The van der Waals surface area contributed by atoms with Crippen LogP contribution in [-0.2, 0) is 17.9 Å². The molecule has 7 heteroatoms. The fraction of sp³-hybridized carbons (Fsp3) is 0.0952. The lowest BCUT2D eigenvalue weighted by atomic mass is 10.1. The number of carbonyl (C=O) groups excluding carboxylic acids is 1. The second-order valence-corrected chi connectivity index (χ2v) is 6.61. The third-order valence-corrected chi connectivity index (χ3v) is 4.49. The van der Waals surface area contributed by atoms with Crippen molar-refractivity contribution in [1.82, 2.24) is 15.0 Å². The number of hydrogen-bond acceptors (Lipinski definition) is 4. The van der Waals surface area contributed by atoms with Gasteiger partial charge in [-0.25, -0.2) is 4.68 Å². The van der Waals surface area contributed by atoms with E-state index in [0.29, 0.717) is 16.4 Å². The van der Waals surface area contributed by atoms with Crippen LogP contribution >= 0.6 is 11.6 Å². The van der Waals surface area contributed by atoms with Crippen LogP contribution in [0.1, 0.15) is 5.69 Å². The molecule has 0 fully saturated rings. The number of amides is 1. The Hall–Kier alpha value is -3.38. The second kappa shape index (κ2) is 8.10. The third kappa shape index (κ3) is 4.13. The molecular weight excluding hydrogens is 376 g/mol. The predicted octanol–water partition coefficient (Wildman–Crippen LogP) is 4.30. The number of anilines is 1. The minimum atomic E-state index is -0.237. The molecule has 6 nitrogen and oxygen atoms in total. The molecule has 0 aliphatic heterocycles. The molecule has 1 aromatic heterocycles. The number of para-hydroxylation sites is 1. The molecule has 4 aromatic rings. The first-order chi connectivity index (χ1) is 13.7. The maximum Gasteiger partial charge on any atom is 0.246 e. The Kier molecular flexibility index (Phi) is 5.21. The van der Waals surface area contributed by atoms with Gasteiger partial charge in [0, 0.05) is 5.39 Å². The van der Waals surface area contributed by atoms with Crippen LogP contribution in [0.25, 0.3) is 10.8 Å². The van der Waals surface area contributed by atoms with Crippen LogP contribution in [0, 0.1) is 0 Å². The van der Waals surface area contributed by atoms with Gasteiger partial charge in [0.25, 0.3) is 0 Å². The Balaban J connectivity index is 1.38. The lowest BCUT2D eigenvalue weighted by Gasteiger charge is -2.07. The number of aromatic nitrogens is 3. The number of carbonyl (C=O) groups is 1. The van der Waals surface area contributed by atoms with E-state index in [-0.39, 0.29) is 19.1 Å². The number of rotatable bonds is 6. The fourth-order valence-electron chi connectivity index (χ4n) is 2.85. The first-order valence-electron chi connectivity index (χ1n) is 8.73. The summed E-state index contributed by atoms with van der Waals surface area (Å²) in [7, 11) is 0. The minimum absolute atomic E-state index is 0.0342. The van der Waals surface area contributed by atoms with E-state index in [1.54, 1.807) is 30.5 Å². The fourth-order valence-corrected chi connectivity index (χ4v) is 3.04. The normalized spacial score (nSPS) is 10.8. The highest BCUT2D eigenvalue weighted by atomic mass is 35.5. The van der Waals surface area contributed by atoms with Crippen LogP contribution < -0.4 is 10.1 Å². The lowest BCUT2D eigenvalue weighted by Crippen LogP contribution is -2.19. The van der Waals surface area contributed by atoms with Gasteiger partial charge < -0.3 is 10.1 Å². The Morgan fingerprint density at radius 2 is 1.82 bits per heavy atom. The zero-order chi connectivity index (χ0) is 19.3. The molecule has 3 aromatic carbocycles. The Morgan fingerprint density at radius 3 is 2.71 bits per heavy atom. The Labute approximate surface area is 166 Å². The van der Waals surface area contributed by atoms with Crippen molar-refractivity contribution in [3.05, 3.63) is 83.6 Å². The molecule has 1 N–H and O–H groups in total. The van der Waals surface area contributed by atoms with Crippen molar-refractivity contribution in [3.8, 4) is 5.75 Å². The van der Waals surface area contributed by atoms with Crippen molar-refractivity contribution in [2.24, 2.45) is 0 Å². The van der Waals surface area contributed by atoms with Crippen LogP contribution in [0.2, 0.25) is 5.02 Å². The third-order valence-electron chi connectivity index (χ3n) is 4.16. The van der Waals surface area contributed by atoms with Gasteiger partial charge in [-0.05, 0) is 23.6 Å². The van der Waals surface area contributed by atoms with Gasteiger partial charge in [0.15, 0.2) is 0 Å². The second-order valence-electron chi connectivity index (χ2n) is 6.20. The number of fused-ring (bicyclic) bond motifs is 1. The number of hydrogen-bond donors (Lipinski definition) is 1. The maximum atomic E-state index is 12.2. The molecule has 28 heavy (non-hydrogen) atoms. The van der Waals surface area contributed by atoms with E-state index in [1.165, 1.54) is 4.68 Å². The molecule has 0 radical (unpaired) electrons. The smallest absolute Gasteiger partial charge is 0.246 e. The van der Waals surface area contributed by atoms with E-state index < -0.39 is 0 Å². The summed E-state index contributed by atoms with van der Waals surface area (Å²) >= 11 is 6.05. The molecule has 0 saturated heterocycles. The molecule has 0 aliphatic rings. The van der Waals surface area contributed by atoms with Crippen molar-refractivity contribution < 1.29 is 9.53 Å². The zero-order valence-electron chi connectivity index (χ0n) is 14.9. The van der Waals surface area contributed by atoms with Gasteiger partial charge in [-0.3, -0.25) is 4.79 Å². The molecule has 140 valence electrons. The van der Waals surface area contributed by atoms with Crippen molar-refractivity contribution in [2.45, 2.75) is 13.2 Å². The minimum Gasteiger partial charge on any atom is -0.487 e. The average molecular weight is 393 g/mol. The summed E-state index contributed by atoms with van der Waals surface area (Å²) in [5, 5.41) is 13.4. The van der Waals surface area contributed by atoms with Gasteiger partial charge in [-0.1, -0.05) is 65.3 Å². The van der Waals surface area contributed by atoms with Gasteiger partial charge in [-0.15, -0.1) is 5.10 Å². The zero-order valence-corrected chi connectivity index (χ0v) is 15.6. The topological polar surface area (TPSA) is 69.0 Å². The summed E-state index contributed by atoms with van der Waals surface area (Å²) in [5.41, 5.74) is 1.20. The standard InChI is InChI=1S/C21H17ClN4O2/c22-18-9-3-4-10-19(18)23-21(27)13-26-12-16(24-25-26)14-28-20-11-5-7-15-6-1-2-8-17(15)20/h1-12H,13-14H2,(H,23,27). The first kappa shape index (κ1) is 18.0. The maximum absolute atomic E-state index is 12.2. The van der Waals surface area contributed by atoms with Crippen LogP contribution in [0.3, 0.4) is 0 Å². The van der Waals surface area contributed by atoms with Crippen molar-refractivity contribution in [2.75, 3.05) is 5.32 Å². The van der Waals surface area contributed by atoms with Crippen LogP contribution in [0.15, 0.2) is 72.9 Å². The van der Waals surface area contributed by atoms with Crippen LogP contribution in [0.4, 0.5) is 5.69 Å². The summed E-state index contributed by atoms with van der Waals surface area (Å²) in [6.07, 6.45) is 1.69. The molecule has 0 bridgehead atoms. The molecule has 4 rings (SSSR count). The molecule has 1 amide bonds. The summed E-state index contributed by atoms with van der Waals surface area (Å²) in [6, 6.07) is 21.0. The Bertz CT molecular complexity index is 1120. The highest BCUT2D eigenvalue weighted by Crippen LogP contribution is 2.25. The highest BCUT2D eigenvalue weighted by Gasteiger charge is 2.09. The first-order valence-corrected chi connectivity index (χ1v) is 9.11. The number of nitrogens with one attached hydrogen (secondary N) is 1. The molecule has 1 heterocycles. The van der Waals surface area contributed by atoms with Gasteiger partial charge >= 0.3 is 0 Å². The van der Waals surface area contributed by atoms with E-state index in [4.69, 9.17) is 16.3 Å². The van der Waals surface area contributed by atoms with E-state index in [9.17, 15) is 4.79 Å². The van der Waals surface area contributed by atoms with Crippen molar-refractivity contribution >= 4 is 34.0 Å². The van der Waals surface area contributed by atoms with Gasteiger partial charge in [0.1, 0.15) is 24.6 Å². The SMILES string of the molecule is O=C(Cn1cc(COc2cccc3ccccc23)nn1)Nc1ccccc1Cl. The van der Waals surface area contributed by atoms with Crippen LogP contribution in [-0.4, -0.2) is 20.9 Å². The molecule has 0 aliphatic carbocycles.